The number of rotatable bonds is 4. The normalized spacial score (nSPS) is 27.0. The third-order valence-corrected chi connectivity index (χ3v) is 4.90. The molecule has 7 nitrogen and oxygen atoms in total. The fraction of sp³-hybridized carbons (Fsp3) is 0.529. The number of amides is 3. The lowest BCUT2D eigenvalue weighted by atomic mass is 9.81. The van der Waals surface area contributed by atoms with Gasteiger partial charge in [-0.15, -0.1) is 0 Å². The van der Waals surface area contributed by atoms with Crippen LogP contribution in [0.4, 0.5) is 4.79 Å². The average molecular weight is 333 g/mol. The van der Waals surface area contributed by atoms with Crippen LogP contribution in [0.25, 0.3) is 0 Å². The van der Waals surface area contributed by atoms with Gasteiger partial charge in [0.05, 0.1) is 14.2 Å². The number of hydrogen-bond acceptors (Lipinski definition) is 5. The largest absolute Gasteiger partial charge is 0.497 e. The molecule has 2 atom stereocenters. The third kappa shape index (κ3) is 2.39. The van der Waals surface area contributed by atoms with Gasteiger partial charge in [-0.05, 0) is 31.7 Å². The molecule has 130 valence electrons. The van der Waals surface area contributed by atoms with E-state index >= 15 is 0 Å². The number of nitrogens with zero attached hydrogens (tertiary/aromatic N) is 2. The van der Waals surface area contributed by atoms with Crippen LogP contribution in [0.2, 0.25) is 0 Å². The zero-order valence-electron chi connectivity index (χ0n) is 14.5. The summed E-state index contributed by atoms with van der Waals surface area (Å²) in [7, 11) is 5.14. The molecule has 2 aliphatic rings. The van der Waals surface area contributed by atoms with E-state index in [4.69, 9.17) is 9.47 Å². The third-order valence-electron chi connectivity index (χ3n) is 4.90. The molecule has 0 bridgehead atoms. The van der Waals surface area contributed by atoms with E-state index in [9.17, 15) is 9.59 Å². The smallest absolute Gasteiger partial charge is 0.325 e. The molecule has 3 rings (SSSR count). The highest BCUT2D eigenvalue weighted by molar-refractivity contribution is 6.08. The van der Waals surface area contributed by atoms with Crippen LogP contribution < -0.4 is 14.8 Å². The lowest BCUT2D eigenvalue weighted by Gasteiger charge is -2.28. The number of imide groups is 1. The molecule has 2 fully saturated rings. The van der Waals surface area contributed by atoms with Crippen molar-refractivity contribution in [3.63, 3.8) is 0 Å². The number of methoxy groups -OCH3 is 2. The van der Waals surface area contributed by atoms with E-state index in [1.54, 1.807) is 27.2 Å². The first-order valence-electron chi connectivity index (χ1n) is 8.00. The number of nitrogens with one attached hydrogen (secondary N) is 1. The predicted molar refractivity (Wildman–Crippen MR) is 88.4 cm³/mol. The summed E-state index contributed by atoms with van der Waals surface area (Å²) in [5.74, 6) is 1.00. The standard InChI is InChI=1S/C17H23N3O4/c1-5-20-15(21)17(18-16(20)22)10-19(2)9-14(17)11-6-12(23-3)8-13(7-11)24-4/h6-8,14H,5,9-10H2,1-4H3,(H,18,22)/t14-,17-/m0/s1. The van der Waals surface area contributed by atoms with E-state index in [0.717, 1.165) is 5.56 Å². The van der Waals surface area contributed by atoms with Crippen LogP contribution >= 0.6 is 0 Å². The minimum Gasteiger partial charge on any atom is -0.497 e. The Labute approximate surface area is 141 Å². The number of carbonyl (C=O) groups excluding carboxylic acids is 2. The summed E-state index contributed by atoms with van der Waals surface area (Å²) in [6.45, 7) is 3.32. The maximum absolute atomic E-state index is 13.0. The fourth-order valence-electron chi connectivity index (χ4n) is 3.76. The van der Waals surface area contributed by atoms with E-state index in [1.807, 2.05) is 19.2 Å². The van der Waals surface area contributed by atoms with Crippen molar-refractivity contribution in [1.29, 1.82) is 0 Å². The molecular weight excluding hydrogens is 310 g/mol. The van der Waals surface area contributed by atoms with Gasteiger partial charge in [-0.2, -0.15) is 0 Å². The van der Waals surface area contributed by atoms with E-state index in [0.29, 0.717) is 31.1 Å². The van der Waals surface area contributed by atoms with Crippen molar-refractivity contribution in [3.8, 4) is 11.5 Å². The van der Waals surface area contributed by atoms with Crippen LogP contribution in [0, 0.1) is 0 Å². The minimum atomic E-state index is -0.931. The molecule has 0 radical (unpaired) electrons. The summed E-state index contributed by atoms with van der Waals surface area (Å²) in [4.78, 5) is 28.5. The van der Waals surface area contributed by atoms with Gasteiger partial charge < -0.3 is 19.7 Å². The molecule has 0 aliphatic carbocycles. The number of benzene rings is 1. The van der Waals surface area contributed by atoms with Crippen LogP contribution in [0.5, 0.6) is 11.5 Å². The highest BCUT2D eigenvalue weighted by atomic mass is 16.5. The highest BCUT2D eigenvalue weighted by Gasteiger charge is 2.59. The second-order valence-electron chi connectivity index (χ2n) is 6.35. The van der Waals surface area contributed by atoms with E-state index in [2.05, 4.69) is 10.2 Å². The van der Waals surface area contributed by atoms with Gasteiger partial charge in [0.2, 0.25) is 0 Å². The molecule has 2 aliphatic heterocycles. The van der Waals surface area contributed by atoms with Crippen LogP contribution in [-0.4, -0.2) is 68.2 Å². The molecule has 7 heteroatoms. The van der Waals surface area contributed by atoms with Crippen molar-refractivity contribution in [3.05, 3.63) is 23.8 Å². The second-order valence-corrected chi connectivity index (χ2v) is 6.35. The summed E-state index contributed by atoms with van der Waals surface area (Å²) in [5.41, 5.74) is -0.0127. The number of urea groups is 1. The zero-order chi connectivity index (χ0) is 17.5. The van der Waals surface area contributed by atoms with Crippen LogP contribution in [0.15, 0.2) is 18.2 Å². The average Bonchev–Trinajstić information content (AvgIpc) is 3.03. The van der Waals surface area contributed by atoms with E-state index < -0.39 is 5.54 Å². The number of ether oxygens (including phenoxy) is 2. The first kappa shape index (κ1) is 16.6. The molecule has 0 unspecified atom stereocenters. The summed E-state index contributed by atoms with van der Waals surface area (Å²) in [5, 5.41) is 2.95. The van der Waals surface area contributed by atoms with Crippen molar-refractivity contribution < 1.29 is 19.1 Å². The maximum Gasteiger partial charge on any atom is 0.325 e. The first-order valence-corrected chi connectivity index (χ1v) is 8.00. The molecule has 2 heterocycles. The summed E-state index contributed by atoms with van der Waals surface area (Å²) < 4.78 is 10.7. The lowest BCUT2D eigenvalue weighted by Crippen LogP contribution is -2.52. The van der Waals surface area contributed by atoms with Crippen LogP contribution in [-0.2, 0) is 4.79 Å². The number of likely N-dealkylation sites (N-methyl/N-ethyl adjacent to an activating group) is 2. The Morgan fingerprint density at radius 3 is 2.33 bits per heavy atom. The Morgan fingerprint density at radius 1 is 1.21 bits per heavy atom. The molecular formula is C17H23N3O4. The predicted octanol–water partition coefficient (Wildman–Crippen LogP) is 1.04. The van der Waals surface area contributed by atoms with Crippen molar-refractivity contribution >= 4 is 11.9 Å². The number of likely N-dealkylation sites (tertiary alicyclic amines) is 1. The van der Waals surface area contributed by atoms with E-state index in [-0.39, 0.29) is 17.9 Å². The SMILES string of the molecule is CCN1C(=O)N[C@]2(CN(C)C[C@H]2c2cc(OC)cc(OC)c2)C1=O. The monoisotopic (exact) mass is 333 g/mol. The molecule has 0 saturated carbocycles. The van der Waals surface area contributed by atoms with Gasteiger partial charge in [-0.3, -0.25) is 9.69 Å². The molecule has 1 aromatic rings. The van der Waals surface area contributed by atoms with Crippen molar-refractivity contribution in [2.75, 3.05) is 40.9 Å². The lowest BCUT2D eigenvalue weighted by molar-refractivity contribution is -0.131. The van der Waals surface area contributed by atoms with Gasteiger partial charge in [-0.25, -0.2) is 4.79 Å². The Hall–Kier alpha value is -2.28. The summed E-state index contributed by atoms with van der Waals surface area (Å²) in [6, 6.07) is 5.28. The number of hydrogen-bond donors (Lipinski definition) is 1. The molecule has 0 aromatic heterocycles. The van der Waals surface area contributed by atoms with Gasteiger partial charge in [0.15, 0.2) is 0 Å². The van der Waals surface area contributed by atoms with E-state index in [1.165, 1.54) is 4.90 Å². The van der Waals surface area contributed by atoms with Crippen molar-refractivity contribution in [1.82, 2.24) is 15.1 Å². The summed E-state index contributed by atoms with van der Waals surface area (Å²) in [6.07, 6.45) is 0. The number of carbonyl (C=O) groups is 2. The molecule has 3 amide bonds. The van der Waals surface area contributed by atoms with Gasteiger partial charge in [0.25, 0.3) is 5.91 Å². The Morgan fingerprint density at radius 2 is 1.83 bits per heavy atom. The molecule has 1 N–H and O–H groups in total. The Bertz CT molecular complexity index is 656. The van der Waals surface area contributed by atoms with Crippen LogP contribution in [0.1, 0.15) is 18.4 Å². The Kier molecular flexibility index (Phi) is 4.13. The molecule has 24 heavy (non-hydrogen) atoms. The zero-order valence-corrected chi connectivity index (χ0v) is 14.5. The van der Waals surface area contributed by atoms with Gasteiger partial charge in [-0.1, -0.05) is 0 Å². The first-order chi connectivity index (χ1) is 11.4. The fourth-order valence-corrected chi connectivity index (χ4v) is 3.76. The molecule has 1 spiro atoms. The quantitative estimate of drug-likeness (QED) is 0.834. The van der Waals surface area contributed by atoms with Gasteiger partial charge in [0, 0.05) is 31.6 Å². The van der Waals surface area contributed by atoms with Crippen molar-refractivity contribution in [2.24, 2.45) is 0 Å². The topological polar surface area (TPSA) is 71.1 Å². The Balaban J connectivity index is 2.06. The maximum atomic E-state index is 13.0. The molecule has 2 saturated heterocycles. The minimum absolute atomic E-state index is 0.161. The van der Waals surface area contributed by atoms with Crippen molar-refractivity contribution in [2.45, 2.75) is 18.4 Å². The second kappa shape index (κ2) is 5.98. The molecule has 1 aromatic carbocycles. The highest BCUT2D eigenvalue weighted by Crippen LogP contribution is 2.41. The van der Waals surface area contributed by atoms with Crippen LogP contribution in [0.3, 0.4) is 0 Å². The summed E-state index contributed by atoms with van der Waals surface area (Å²) >= 11 is 0. The van der Waals surface area contributed by atoms with Gasteiger partial charge in [0.1, 0.15) is 17.0 Å². The van der Waals surface area contributed by atoms with Gasteiger partial charge >= 0.3 is 6.03 Å².